The molecule has 2 atom stereocenters. The van der Waals surface area contributed by atoms with E-state index in [4.69, 9.17) is 4.74 Å². The summed E-state index contributed by atoms with van der Waals surface area (Å²) in [6.07, 6.45) is 1.09. The van der Waals surface area contributed by atoms with E-state index in [0.717, 1.165) is 18.5 Å². The maximum Gasteiger partial charge on any atom is 0.221 e. The second kappa shape index (κ2) is 8.85. The highest BCUT2D eigenvalue weighted by Crippen LogP contribution is 2.28. The average molecular weight is 346 g/mol. The van der Waals surface area contributed by atoms with Crippen LogP contribution in [0.2, 0.25) is 0 Å². The number of hydrogen-bond donors (Lipinski definition) is 2. The molecule has 1 aromatic heterocycles. The summed E-state index contributed by atoms with van der Waals surface area (Å²) in [5, 5.41) is 8.53. The molecular formula is C19H26N2O2S. The summed E-state index contributed by atoms with van der Waals surface area (Å²) >= 11 is 1.81. The van der Waals surface area contributed by atoms with Gasteiger partial charge in [0.05, 0.1) is 12.8 Å². The molecule has 0 saturated carbocycles. The van der Waals surface area contributed by atoms with Gasteiger partial charge < -0.3 is 15.4 Å². The molecule has 1 amide bonds. The Balaban J connectivity index is 1.95. The number of amides is 1. The van der Waals surface area contributed by atoms with Crippen LogP contribution in [0.4, 0.5) is 5.69 Å². The predicted molar refractivity (Wildman–Crippen MR) is 101 cm³/mol. The second-order valence-electron chi connectivity index (χ2n) is 6.16. The molecule has 0 fully saturated rings. The molecule has 0 aliphatic rings. The topological polar surface area (TPSA) is 50.4 Å². The van der Waals surface area contributed by atoms with Gasteiger partial charge in [0.1, 0.15) is 5.75 Å². The molecule has 1 heterocycles. The zero-order valence-electron chi connectivity index (χ0n) is 14.8. The first-order valence-corrected chi connectivity index (χ1v) is 9.09. The number of nitrogens with one attached hydrogen (secondary N) is 2. The molecule has 2 aromatic rings. The molecule has 130 valence electrons. The Kier molecular flexibility index (Phi) is 6.82. The number of carbonyl (C=O) groups is 1. The van der Waals surface area contributed by atoms with Crippen molar-refractivity contribution < 1.29 is 9.53 Å². The number of anilines is 1. The number of hydrogen-bond acceptors (Lipinski definition) is 4. The van der Waals surface area contributed by atoms with E-state index in [1.807, 2.05) is 29.5 Å². The predicted octanol–water partition coefficient (Wildman–Crippen LogP) is 4.24. The maximum atomic E-state index is 11.3. The molecule has 0 saturated heterocycles. The Hall–Kier alpha value is -1.85. The van der Waals surface area contributed by atoms with Crippen LogP contribution in [0.1, 0.15) is 37.3 Å². The third-order valence-corrected chi connectivity index (χ3v) is 4.84. The van der Waals surface area contributed by atoms with Gasteiger partial charge in [-0.15, -0.1) is 11.3 Å². The van der Waals surface area contributed by atoms with Crippen LogP contribution in [-0.4, -0.2) is 19.6 Å². The molecule has 4 nitrogen and oxygen atoms in total. The number of carbonyl (C=O) groups excluding carboxylic acids is 1. The molecule has 1 aromatic carbocycles. The normalized spacial score (nSPS) is 13.3. The number of benzene rings is 1. The highest BCUT2D eigenvalue weighted by Gasteiger charge is 2.12. The van der Waals surface area contributed by atoms with E-state index in [1.165, 1.54) is 11.8 Å². The molecule has 2 rings (SSSR count). The fraction of sp³-hybridized carbons (Fsp3) is 0.421. The lowest BCUT2D eigenvalue weighted by Crippen LogP contribution is -2.25. The van der Waals surface area contributed by atoms with E-state index < -0.39 is 0 Å². The molecule has 0 aliphatic heterocycles. The largest absolute Gasteiger partial charge is 0.495 e. The number of rotatable bonds is 8. The molecule has 5 heteroatoms. The van der Waals surface area contributed by atoms with Crippen LogP contribution in [0, 0.1) is 5.92 Å². The quantitative estimate of drug-likeness (QED) is 0.751. The van der Waals surface area contributed by atoms with Crippen LogP contribution in [0.3, 0.4) is 0 Å². The summed E-state index contributed by atoms with van der Waals surface area (Å²) in [7, 11) is 1.61. The Bertz CT molecular complexity index is 655. The molecule has 0 aliphatic carbocycles. The van der Waals surface area contributed by atoms with E-state index in [0.29, 0.717) is 17.4 Å². The summed E-state index contributed by atoms with van der Waals surface area (Å²) in [5.41, 5.74) is 1.84. The summed E-state index contributed by atoms with van der Waals surface area (Å²) in [5.74, 6) is 1.14. The zero-order chi connectivity index (χ0) is 17.5. The lowest BCUT2D eigenvalue weighted by molar-refractivity contribution is -0.114. The first-order chi connectivity index (χ1) is 11.5. The summed E-state index contributed by atoms with van der Waals surface area (Å²) in [4.78, 5) is 12.8. The molecular weight excluding hydrogens is 320 g/mol. The van der Waals surface area contributed by atoms with Gasteiger partial charge in [0.2, 0.25) is 5.91 Å². The van der Waals surface area contributed by atoms with E-state index in [-0.39, 0.29) is 11.9 Å². The highest BCUT2D eigenvalue weighted by molar-refractivity contribution is 7.09. The molecule has 0 spiro atoms. The van der Waals surface area contributed by atoms with Crippen LogP contribution in [0.25, 0.3) is 0 Å². The van der Waals surface area contributed by atoms with E-state index in [9.17, 15) is 4.79 Å². The fourth-order valence-electron chi connectivity index (χ4n) is 2.62. The Morgan fingerprint density at radius 1 is 1.29 bits per heavy atom. The van der Waals surface area contributed by atoms with Gasteiger partial charge in [-0.25, -0.2) is 0 Å². The zero-order valence-corrected chi connectivity index (χ0v) is 15.6. The SMILES string of the molecule is COc1ccc([C@H](C)NC[C@H](C)Cc2cccs2)cc1NC(C)=O. The Morgan fingerprint density at radius 3 is 2.71 bits per heavy atom. The third kappa shape index (κ3) is 5.35. The first-order valence-electron chi connectivity index (χ1n) is 8.21. The second-order valence-corrected chi connectivity index (χ2v) is 7.19. The maximum absolute atomic E-state index is 11.3. The van der Waals surface area contributed by atoms with Crippen LogP contribution >= 0.6 is 11.3 Å². The van der Waals surface area contributed by atoms with Gasteiger partial charge in [0.25, 0.3) is 0 Å². The molecule has 0 unspecified atom stereocenters. The summed E-state index contributed by atoms with van der Waals surface area (Å²) < 4.78 is 5.30. The van der Waals surface area contributed by atoms with Crippen molar-refractivity contribution in [2.24, 2.45) is 5.92 Å². The summed E-state index contributed by atoms with van der Waals surface area (Å²) in [6.45, 7) is 6.84. The monoisotopic (exact) mass is 346 g/mol. The van der Waals surface area contributed by atoms with Gasteiger partial charge >= 0.3 is 0 Å². The van der Waals surface area contributed by atoms with Crippen molar-refractivity contribution in [1.82, 2.24) is 5.32 Å². The van der Waals surface area contributed by atoms with Gasteiger partial charge in [-0.1, -0.05) is 19.1 Å². The first kappa shape index (κ1) is 18.5. The van der Waals surface area contributed by atoms with Crippen molar-refractivity contribution in [3.63, 3.8) is 0 Å². The Labute approximate surface area is 148 Å². The number of ether oxygens (including phenoxy) is 1. The molecule has 0 bridgehead atoms. The van der Waals surface area contributed by atoms with Crippen LogP contribution in [0.5, 0.6) is 5.75 Å². The molecule has 0 radical (unpaired) electrons. The van der Waals surface area contributed by atoms with Crippen LogP contribution in [0.15, 0.2) is 35.7 Å². The summed E-state index contributed by atoms with van der Waals surface area (Å²) in [6, 6.07) is 10.4. The van der Waals surface area contributed by atoms with Gasteiger partial charge in [-0.2, -0.15) is 0 Å². The van der Waals surface area contributed by atoms with E-state index in [1.54, 1.807) is 7.11 Å². The van der Waals surface area contributed by atoms with E-state index in [2.05, 4.69) is 42.0 Å². The van der Waals surface area contributed by atoms with Crippen molar-refractivity contribution in [2.45, 2.75) is 33.2 Å². The smallest absolute Gasteiger partial charge is 0.221 e. The lowest BCUT2D eigenvalue weighted by Gasteiger charge is -2.19. The van der Waals surface area contributed by atoms with Gasteiger partial charge in [0.15, 0.2) is 0 Å². The molecule has 2 N–H and O–H groups in total. The van der Waals surface area contributed by atoms with E-state index >= 15 is 0 Å². The minimum absolute atomic E-state index is 0.101. The molecule has 24 heavy (non-hydrogen) atoms. The van der Waals surface area contributed by atoms with Crippen molar-refractivity contribution in [2.75, 3.05) is 19.0 Å². The van der Waals surface area contributed by atoms with Gasteiger partial charge in [-0.3, -0.25) is 4.79 Å². The van der Waals surface area contributed by atoms with Gasteiger partial charge in [-0.05, 0) is 54.9 Å². The third-order valence-electron chi connectivity index (χ3n) is 3.94. The average Bonchev–Trinajstić information content (AvgIpc) is 3.05. The highest BCUT2D eigenvalue weighted by atomic mass is 32.1. The van der Waals surface area contributed by atoms with Crippen LogP contribution < -0.4 is 15.4 Å². The minimum atomic E-state index is -0.101. The van der Waals surface area contributed by atoms with Crippen LogP contribution in [-0.2, 0) is 11.2 Å². The lowest BCUT2D eigenvalue weighted by atomic mass is 10.0. The fourth-order valence-corrected chi connectivity index (χ4v) is 3.49. The van der Waals surface area contributed by atoms with Crippen molar-refractivity contribution in [1.29, 1.82) is 0 Å². The minimum Gasteiger partial charge on any atom is -0.495 e. The van der Waals surface area contributed by atoms with Crippen molar-refractivity contribution in [3.8, 4) is 5.75 Å². The van der Waals surface area contributed by atoms with Gasteiger partial charge in [0, 0.05) is 17.8 Å². The van der Waals surface area contributed by atoms with Crippen molar-refractivity contribution in [3.05, 3.63) is 46.2 Å². The Morgan fingerprint density at radius 2 is 2.08 bits per heavy atom. The van der Waals surface area contributed by atoms with Crippen molar-refractivity contribution >= 4 is 22.9 Å². The number of thiophene rings is 1. The number of methoxy groups -OCH3 is 1. The standard InChI is InChI=1S/C19H26N2O2S/c1-13(10-17-6-5-9-24-17)12-20-14(2)16-7-8-19(23-4)18(11-16)21-15(3)22/h5-9,11,13-14,20H,10,12H2,1-4H3,(H,21,22)/t13-,14+/m1/s1.